The van der Waals surface area contributed by atoms with E-state index in [-0.39, 0.29) is 0 Å². The molecule has 88 valence electrons. The molecule has 15 heavy (non-hydrogen) atoms. The molecule has 0 bridgehead atoms. The summed E-state index contributed by atoms with van der Waals surface area (Å²) in [6.07, 6.45) is 1.33. The molecule has 2 saturated heterocycles. The molecule has 2 fully saturated rings. The van der Waals surface area contributed by atoms with Crippen molar-refractivity contribution in [3.63, 3.8) is 0 Å². The summed E-state index contributed by atoms with van der Waals surface area (Å²) in [5.41, 5.74) is 0. The first kappa shape index (κ1) is 11.3. The second-order valence-electron chi connectivity index (χ2n) is 4.97. The van der Waals surface area contributed by atoms with Gasteiger partial charge in [-0.15, -0.1) is 0 Å². The normalized spacial score (nSPS) is 30.2. The Kier molecular flexibility index (Phi) is 3.97. The van der Waals surface area contributed by atoms with Gasteiger partial charge in [-0.05, 0) is 27.1 Å². The molecule has 0 spiro atoms. The van der Waals surface area contributed by atoms with Crippen LogP contribution in [0.2, 0.25) is 0 Å². The van der Waals surface area contributed by atoms with E-state index in [2.05, 4.69) is 34.1 Å². The number of likely N-dealkylation sites (N-methyl/N-ethyl adjacent to an activating group) is 2. The largest absolute Gasteiger partial charge is 0.314 e. The lowest BCUT2D eigenvalue weighted by Crippen LogP contribution is -2.49. The fourth-order valence-electron chi connectivity index (χ4n) is 2.56. The van der Waals surface area contributed by atoms with E-state index in [9.17, 15) is 0 Å². The third kappa shape index (κ3) is 3.14. The Hall–Kier alpha value is -0.160. The van der Waals surface area contributed by atoms with Gasteiger partial charge in [-0.3, -0.25) is 9.80 Å². The molecule has 0 aromatic carbocycles. The molecule has 1 unspecified atom stereocenters. The van der Waals surface area contributed by atoms with Gasteiger partial charge in [-0.25, -0.2) is 0 Å². The number of nitrogens with one attached hydrogen (secondary N) is 1. The van der Waals surface area contributed by atoms with Gasteiger partial charge in [0.25, 0.3) is 0 Å². The fourth-order valence-corrected chi connectivity index (χ4v) is 2.56. The average molecular weight is 212 g/mol. The lowest BCUT2D eigenvalue weighted by atomic mass is 10.2. The molecule has 0 saturated carbocycles. The zero-order valence-corrected chi connectivity index (χ0v) is 10.1. The molecule has 2 rings (SSSR count). The van der Waals surface area contributed by atoms with Gasteiger partial charge >= 0.3 is 0 Å². The Morgan fingerprint density at radius 3 is 2.60 bits per heavy atom. The van der Waals surface area contributed by atoms with Crippen molar-refractivity contribution < 1.29 is 0 Å². The predicted octanol–water partition coefficient (Wildman–Crippen LogP) is -0.515. The molecule has 1 atom stereocenters. The molecule has 0 amide bonds. The first-order chi connectivity index (χ1) is 7.25. The van der Waals surface area contributed by atoms with Crippen LogP contribution in [0, 0.1) is 0 Å². The van der Waals surface area contributed by atoms with Crippen LogP contribution >= 0.6 is 0 Å². The molecule has 0 aliphatic carbocycles. The second kappa shape index (κ2) is 5.25. The van der Waals surface area contributed by atoms with Crippen LogP contribution in [0.4, 0.5) is 0 Å². The molecule has 4 heteroatoms. The molecule has 2 heterocycles. The fraction of sp³-hybridized carbons (Fsp3) is 1.00. The van der Waals surface area contributed by atoms with E-state index < -0.39 is 0 Å². The maximum absolute atomic E-state index is 3.40. The molecule has 0 radical (unpaired) electrons. The lowest BCUT2D eigenvalue weighted by Gasteiger charge is -2.33. The van der Waals surface area contributed by atoms with Crippen LogP contribution in [-0.4, -0.2) is 80.8 Å². The van der Waals surface area contributed by atoms with Crippen molar-refractivity contribution in [2.24, 2.45) is 0 Å². The van der Waals surface area contributed by atoms with Gasteiger partial charge in [-0.2, -0.15) is 0 Å². The molecule has 4 nitrogen and oxygen atoms in total. The van der Waals surface area contributed by atoms with Gasteiger partial charge in [0.2, 0.25) is 0 Å². The number of hydrogen-bond acceptors (Lipinski definition) is 4. The van der Waals surface area contributed by atoms with E-state index in [4.69, 9.17) is 0 Å². The maximum atomic E-state index is 3.40. The van der Waals surface area contributed by atoms with Gasteiger partial charge in [0.15, 0.2) is 0 Å². The summed E-state index contributed by atoms with van der Waals surface area (Å²) in [5.74, 6) is 0. The highest BCUT2D eigenvalue weighted by atomic mass is 15.3. The first-order valence-electron chi connectivity index (χ1n) is 6.07. The van der Waals surface area contributed by atoms with E-state index in [0.717, 1.165) is 25.8 Å². The third-order valence-electron chi connectivity index (χ3n) is 3.62. The van der Waals surface area contributed by atoms with Crippen molar-refractivity contribution in [2.45, 2.75) is 12.5 Å². The summed E-state index contributed by atoms with van der Waals surface area (Å²) in [5, 5.41) is 3.40. The maximum Gasteiger partial charge on any atom is 0.0507 e. The van der Waals surface area contributed by atoms with Gasteiger partial charge in [0.1, 0.15) is 0 Å². The standard InChI is InChI=1S/C11H24N4/c1-13-6-3-11(9-13)14(2)10-15-7-4-12-5-8-15/h11-12H,3-10H2,1-2H3. The number of nitrogens with zero attached hydrogens (tertiary/aromatic N) is 3. The Labute approximate surface area is 93.2 Å². The van der Waals surface area contributed by atoms with Crippen molar-refractivity contribution in [3.05, 3.63) is 0 Å². The highest BCUT2D eigenvalue weighted by molar-refractivity contribution is 4.80. The molecular formula is C11H24N4. The Morgan fingerprint density at radius 2 is 2.00 bits per heavy atom. The van der Waals surface area contributed by atoms with Gasteiger partial charge in [-0.1, -0.05) is 0 Å². The number of piperazine rings is 1. The van der Waals surface area contributed by atoms with E-state index >= 15 is 0 Å². The average Bonchev–Trinajstić information content (AvgIpc) is 2.66. The Balaban J connectivity index is 1.73. The highest BCUT2D eigenvalue weighted by Crippen LogP contribution is 2.12. The third-order valence-corrected chi connectivity index (χ3v) is 3.62. The topological polar surface area (TPSA) is 21.8 Å². The highest BCUT2D eigenvalue weighted by Gasteiger charge is 2.24. The smallest absolute Gasteiger partial charge is 0.0507 e. The first-order valence-corrected chi connectivity index (χ1v) is 6.07. The minimum Gasteiger partial charge on any atom is -0.314 e. The van der Waals surface area contributed by atoms with Gasteiger partial charge < -0.3 is 10.2 Å². The molecule has 2 aliphatic rings. The number of rotatable bonds is 3. The van der Waals surface area contributed by atoms with Crippen molar-refractivity contribution in [1.82, 2.24) is 20.0 Å². The van der Waals surface area contributed by atoms with Crippen LogP contribution in [0.1, 0.15) is 6.42 Å². The van der Waals surface area contributed by atoms with Crippen molar-refractivity contribution in [3.8, 4) is 0 Å². The van der Waals surface area contributed by atoms with Crippen molar-refractivity contribution in [1.29, 1.82) is 0 Å². The molecule has 2 aliphatic heterocycles. The van der Waals surface area contributed by atoms with Crippen LogP contribution in [0.15, 0.2) is 0 Å². The quantitative estimate of drug-likeness (QED) is 0.680. The zero-order valence-electron chi connectivity index (χ0n) is 10.1. The summed E-state index contributed by atoms with van der Waals surface area (Å²) in [6, 6.07) is 0.768. The minimum absolute atomic E-state index is 0.768. The van der Waals surface area contributed by atoms with E-state index in [1.54, 1.807) is 0 Å². The predicted molar refractivity (Wildman–Crippen MR) is 63.0 cm³/mol. The SMILES string of the molecule is CN1CCC(N(C)CN2CCNCC2)C1. The van der Waals surface area contributed by atoms with Crippen LogP contribution < -0.4 is 5.32 Å². The van der Waals surface area contributed by atoms with E-state index in [1.165, 1.54) is 32.6 Å². The zero-order chi connectivity index (χ0) is 10.7. The van der Waals surface area contributed by atoms with Gasteiger partial charge in [0, 0.05) is 38.8 Å². The summed E-state index contributed by atoms with van der Waals surface area (Å²) in [7, 11) is 4.49. The number of likely N-dealkylation sites (tertiary alicyclic amines) is 1. The summed E-state index contributed by atoms with van der Waals surface area (Å²) < 4.78 is 0. The molecule has 0 aromatic rings. The molecular weight excluding hydrogens is 188 g/mol. The Bertz CT molecular complexity index is 191. The van der Waals surface area contributed by atoms with Crippen molar-refractivity contribution in [2.75, 3.05) is 60.0 Å². The van der Waals surface area contributed by atoms with Gasteiger partial charge in [0.05, 0.1) is 6.67 Å². The monoisotopic (exact) mass is 212 g/mol. The van der Waals surface area contributed by atoms with Crippen LogP contribution in [0.25, 0.3) is 0 Å². The van der Waals surface area contributed by atoms with Crippen molar-refractivity contribution >= 4 is 0 Å². The molecule has 0 aromatic heterocycles. The summed E-state index contributed by atoms with van der Waals surface area (Å²) >= 11 is 0. The number of hydrogen-bond donors (Lipinski definition) is 1. The Morgan fingerprint density at radius 1 is 1.27 bits per heavy atom. The van der Waals surface area contributed by atoms with Crippen LogP contribution in [-0.2, 0) is 0 Å². The second-order valence-corrected chi connectivity index (χ2v) is 4.97. The van der Waals surface area contributed by atoms with E-state index in [1.807, 2.05) is 0 Å². The summed E-state index contributed by atoms with van der Waals surface area (Å²) in [4.78, 5) is 7.50. The van der Waals surface area contributed by atoms with E-state index in [0.29, 0.717) is 0 Å². The lowest BCUT2D eigenvalue weighted by molar-refractivity contribution is 0.109. The van der Waals surface area contributed by atoms with Crippen LogP contribution in [0.5, 0.6) is 0 Å². The molecule has 1 N–H and O–H groups in total. The van der Waals surface area contributed by atoms with Crippen LogP contribution in [0.3, 0.4) is 0 Å². The summed E-state index contributed by atoms with van der Waals surface area (Å²) in [6.45, 7) is 8.34. The minimum atomic E-state index is 0.768.